The van der Waals surface area contributed by atoms with Gasteiger partial charge in [0.25, 0.3) is 0 Å². The van der Waals surface area contributed by atoms with Gasteiger partial charge in [-0.25, -0.2) is 4.79 Å². The number of rotatable bonds is 9. The van der Waals surface area contributed by atoms with E-state index >= 15 is 0 Å². The molecule has 2 aromatic rings. The van der Waals surface area contributed by atoms with Crippen LogP contribution in [-0.2, 0) is 16.0 Å². The molecule has 2 aromatic carbocycles. The second-order valence-corrected chi connectivity index (χ2v) is 6.30. The fourth-order valence-electron chi connectivity index (χ4n) is 2.86. The molecule has 7 heteroatoms. The highest BCUT2D eigenvalue weighted by Crippen LogP contribution is 2.21. The predicted molar refractivity (Wildman–Crippen MR) is 104 cm³/mol. The predicted octanol–water partition coefficient (Wildman–Crippen LogP) is 2.32. The number of carboxylic acid groups (broad SMARTS) is 1. The number of carbonyl (C=O) groups excluding carboxylic acids is 2. The van der Waals surface area contributed by atoms with Gasteiger partial charge >= 0.3 is 5.97 Å². The summed E-state index contributed by atoms with van der Waals surface area (Å²) in [4.78, 5) is 34.8. The van der Waals surface area contributed by atoms with Gasteiger partial charge in [-0.05, 0) is 29.7 Å². The van der Waals surface area contributed by atoms with Gasteiger partial charge in [-0.1, -0.05) is 36.4 Å². The number of methoxy groups -OCH3 is 1. The molecule has 0 aliphatic heterocycles. The summed E-state index contributed by atoms with van der Waals surface area (Å²) in [6, 6.07) is 13.6. The van der Waals surface area contributed by atoms with Gasteiger partial charge in [-0.2, -0.15) is 0 Å². The number of carbonyl (C=O) groups is 3. The third kappa shape index (κ3) is 6.12. The lowest BCUT2D eigenvalue weighted by Crippen LogP contribution is -2.33. The van der Waals surface area contributed by atoms with E-state index in [0.29, 0.717) is 18.7 Å². The zero-order chi connectivity index (χ0) is 20.5. The van der Waals surface area contributed by atoms with Crippen molar-refractivity contribution in [2.24, 2.45) is 0 Å². The van der Waals surface area contributed by atoms with Crippen LogP contribution in [0.4, 0.5) is 0 Å². The maximum Gasteiger partial charge on any atom is 0.335 e. The van der Waals surface area contributed by atoms with Crippen molar-refractivity contribution in [2.45, 2.75) is 25.8 Å². The van der Waals surface area contributed by atoms with Crippen LogP contribution in [0.1, 0.15) is 40.9 Å². The smallest absolute Gasteiger partial charge is 0.335 e. The molecule has 2 rings (SSSR count). The Morgan fingerprint density at radius 2 is 1.82 bits per heavy atom. The second-order valence-electron chi connectivity index (χ2n) is 6.30. The van der Waals surface area contributed by atoms with Crippen LogP contribution in [0.25, 0.3) is 0 Å². The van der Waals surface area contributed by atoms with Crippen LogP contribution in [0.5, 0.6) is 5.75 Å². The lowest BCUT2D eigenvalue weighted by atomic mass is 10.0. The summed E-state index contributed by atoms with van der Waals surface area (Å²) >= 11 is 0. The highest BCUT2D eigenvalue weighted by Gasteiger charge is 2.17. The van der Waals surface area contributed by atoms with Crippen molar-refractivity contribution in [1.29, 1.82) is 0 Å². The number of nitrogens with one attached hydrogen (secondary N) is 2. The minimum Gasteiger partial charge on any atom is -0.496 e. The Labute approximate surface area is 163 Å². The lowest BCUT2D eigenvalue weighted by molar-refractivity contribution is -0.122. The standard InChI is InChI=1S/C21H24N2O5/c1-14(24)23-18(15-6-4-3-5-7-15)13-20(25)22-11-10-16-8-9-17(21(26)27)12-19(16)28-2/h3-9,12,18H,10-11,13H2,1-2H3,(H,22,25)(H,23,24)(H,26,27). The molecule has 28 heavy (non-hydrogen) atoms. The molecule has 0 radical (unpaired) electrons. The van der Waals surface area contributed by atoms with Crippen molar-refractivity contribution < 1.29 is 24.2 Å². The van der Waals surface area contributed by atoms with E-state index in [4.69, 9.17) is 9.84 Å². The monoisotopic (exact) mass is 384 g/mol. The lowest BCUT2D eigenvalue weighted by Gasteiger charge is -2.18. The van der Waals surface area contributed by atoms with Crippen molar-refractivity contribution in [3.05, 3.63) is 65.2 Å². The van der Waals surface area contributed by atoms with Crippen molar-refractivity contribution >= 4 is 17.8 Å². The van der Waals surface area contributed by atoms with Gasteiger partial charge in [-0.15, -0.1) is 0 Å². The van der Waals surface area contributed by atoms with Gasteiger partial charge in [0, 0.05) is 13.5 Å². The summed E-state index contributed by atoms with van der Waals surface area (Å²) in [6.07, 6.45) is 0.615. The van der Waals surface area contributed by atoms with E-state index in [0.717, 1.165) is 11.1 Å². The Bertz CT molecular complexity index is 836. The number of carboxylic acids is 1. The molecule has 0 saturated carbocycles. The molecule has 0 aliphatic rings. The first-order valence-electron chi connectivity index (χ1n) is 8.89. The second kappa shape index (κ2) is 10.1. The summed E-state index contributed by atoms with van der Waals surface area (Å²) in [5.74, 6) is -0.953. The molecule has 0 aromatic heterocycles. The number of amides is 2. The van der Waals surface area contributed by atoms with Gasteiger partial charge in [-0.3, -0.25) is 9.59 Å². The van der Waals surface area contributed by atoms with Crippen molar-refractivity contribution in [3.63, 3.8) is 0 Å². The molecular weight excluding hydrogens is 360 g/mol. The molecule has 0 bridgehead atoms. The van der Waals surface area contributed by atoms with Crippen molar-refractivity contribution in [3.8, 4) is 5.75 Å². The van der Waals surface area contributed by atoms with Crippen LogP contribution in [-0.4, -0.2) is 36.5 Å². The molecule has 1 atom stereocenters. The van der Waals surface area contributed by atoms with Crippen LogP contribution < -0.4 is 15.4 Å². The average molecular weight is 384 g/mol. The summed E-state index contributed by atoms with van der Waals surface area (Å²) in [6.45, 7) is 1.78. The molecular formula is C21H24N2O5. The van der Waals surface area contributed by atoms with Gasteiger partial charge < -0.3 is 20.5 Å². The number of hydrogen-bond donors (Lipinski definition) is 3. The molecule has 148 valence electrons. The van der Waals surface area contributed by atoms with Crippen molar-refractivity contribution in [1.82, 2.24) is 10.6 Å². The van der Waals surface area contributed by atoms with Crippen LogP contribution in [0.3, 0.4) is 0 Å². The molecule has 0 spiro atoms. The average Bonchev–Trinajstić information content (AvgIpc) is 2.67. The number of ether oxygens (including phenoxy) is 1. The van der Waals surface area contributed by atoms with Crippen LogP contribution in [0, 0.1) is 0 Å². The van der Waals surface area contributed by atoms with E-state index in [1.807, 2.05) is 30.3 Å². The summed E-state index contributed by atoms with van der Waals surface area (Å²) in [7, 11) is 1.47. The zero-order valence-corrected chi connectivity index (χ0v) is 15.9. The van der Waals surface area contributed by atoms with Crippen LogP contribution in [0.15, 0.2) is 48.5 Å². The van der Waals surface area contributed by atoms with Gasteiger partial charge in [0.05, 0.1) is 25.1 Å². The normalized spacial score (nSPS) is 11.4. The van der Waals surface area contributed by atoms with E-state index in [1.54, 1.807) is 6.07 Å². The summed E-state index contributed by atoms with van der Waals surface area (Å²) < 4.78 is 5.24. The first-order chi connectivity index (χ1) is 13.4. The third-order valence-corrected chi connectivity index (χ3v) is 4.22. The fourth-order valence-corrected chi connectivity index (χ4v) is 2.86. The Morgan fingerprint density at radius 1 is 1.11 bits per heavy atom. The van der Waals surface area contributed by atoms with E-state index in [2.05, 4.69) is 10.6 Å². The Hall–Kier alpha value is -3.35. The summed E-state index contributed by atoms with van der Waals surface area (Å²) in [5, 5.41) is 14.7. The largest absolute Gasteiger partial charge is 0.496 e. The van der Waals surface area contributed by atoms with Crippen LogP contribution in [0.2, 0.25) is 0 Å². The number of benzene rings is 2. The molecule has 7 nitrogen and oxygen atoms in total. The molecule has 0 fully saturated rings. The number of aromatic carboxylic acids is 1. The quantitative estimate of drug-likeness (QED) is 0.615. The third-order valence-electron chi connectivity index (χ3n) is 4.22. The first-order valence-corrected chi connectivity index (χ1v) is 8.89. The van der Waals surface area contributed by atoms with E-state index < -0.39 is 12.0 Å². The Kier molecular flexibility index (Phi) is 7.56. The van der Waals surface area contributed by atoms with Gasteiger partial charge in [0.1, 0.15) is 5.75 Å². The Morgan fingerprint density at radius 3 is 2.43 bits per heavy atom. The summed E-state index contributed by atoms with van der Waals surface area (Å²) in [5.41, 5.74) is 1.80. The van der Waals surface area contributed by atoms with Crippen LogP contribution >= 0.6 is 0 Å². The molecule has 0 aliphatic carbocycles. The molecule has 3 N–H and O–H groups in total. The van der Waals surface area contributed by atoms with E-state index in [-0.39, 0.29) is 23.8 Å². The zero-order valence-electron chi connectivity index (χ0n) is 15.9. The number of hydrogen-bond acceptors (Lipinski definition) is 4. The first kappa shape index (κ1) is 21.0. The minimum atomic E-state index is -1.02. The SMILES string of the molecule is COc1cc(C(=O)O)ccc1CCNC(=O)CC(NC(C)=O)c1ccccc1. The maximum atomic E-state index is 12.3. The molecule has 0 saturated heterocycles. The highest BCUT2D eigenvalue weighted by molar-refractivity contribution is 5.88. The van der Waals surface area contributed by atoms with E-state index in [9.17, 15) is 14.4 Å². The topological polar surface area (TPSA) is 105 Å². The van der Waals surface area contributed by atoms with Gasteiger partial charge in [0.2, 0.25) is 11.8 Å². The molecule has 0 heterocycles. The highest BCUT2D eigenvalue weighted by atomic mass is 16.5. The maximum absolute atomic E-state index is 12.3. The molecule has 1 unspecified atom stereocenters. The Balaban J connectivity index is 1.94. The molecule has 2 amide bonds. The van der Waals surface area contributed by atoms with E-state index in [1.165, 1.54) is 26.2 Å². The minimum absolute atomic E-state index is 0.124. The fraction of sp³-hybridized carbons (Fsp3) is 0.286. The van der Waals surface area contributed by atoms with Gasteiger partial charge in [0.15, 0.2) is 0 Å². The van der Waals surface area contributed by atoms with Crippen molar-refractivity contribution in [2.75, 3.05) is 13.7 Å².